The third-order valence-corrected chi connectivity index (χ3v) is 9.37. The van der Waals surface area contributed by atoms with E-state index in [-0.39, 0.29) is 86.6 Å². The molecule has 0 aliphatic heterocycles. The predicted octanol–water partition coefficient (Wildman–Crippen LogP) is 5.72. The van der Waals surface area contributed by atoms with E-state index in [0.29, 0.717) is 5.56 Å². The first-order chi connectivity index (χ1) is 34.0. The number of ether oxygens (including phenoxy) is 8. The molecule has 0 aliphatic carbocycles. The largest absolute Gasteiger partial charge is 0.491 e. The smallest absolute Gasteiger partial charge is 0.338 e. The Morgan fingerprint density at radius 2 is 0.903 bits per heavy atom. The monoisotopic (exact) mass is 1000 g/mol. The van der Waals surface area contributed by atoms with Crippen molar-refractivity contribution < 1.29 is 86.5 Å². The normalized spacial score (nSPS) is 12.0. The van der Waals surface area contributed by atoms with Gasteiger partial charge in [0.15, 0.2) is 0 Å². The van der Waals surface area contributed by atoms with Crippen LogP contribution in [0.25, 0.3) is 0 Å². The van der Waals surface area contributed by atoms with Gasteiger partial charge in [-0.25, -0.2) is 19.2 Å². The van der Waals surface area contributed by atoms with Crippen LogP contribution in [0.1, 0.15) is 107 Å². The fraction of sp³-hybridized carbons (Fsp3) is 0.385. The van der Waals surface area contributed by atoms with Gasteiger partial charge in [0.1, 0.15) is 61.2 Å². The molecular formula is C52H60N2O18. The van der Waals surface area contributed by atoms with Gasteiger partial charge in [0.05, 0.1) is 50.4 Å². The van der Waals surface area contributed by atoms with Crippen LogP contribution in [0.15, 0.2) is 97.1 Å². The molecule has 4 aromatic carbocycles. The molecule has 0 fully saturated rings. The lowest BCUT2D eigenvalue weighted by Crippen LogP contribution is -2.46. The Morgan fingerprint density at radius 1 is 0.500 bits per heavy atom. The van der Waals surface area contributed by atoms with E-state index < -0.39 is 83.8 Å². The summed E-state index contributed by atoms with van der Waals surface area (Å²) in [7, 11) is 0. The second-order valence-electron chi connectivity index (χ2n) is 17.8. The van der Waals surface area contributed by atoms with Gasteiger partial charge in [-0.3, -0.25) is 19.2 Å². The third kappa shape index (κ3) is 21.0. The first kappa shape index (κ1) is 56.7. The van der Waals surface area contributed by atoms with Crippen molar-refractivity contribution in [2.24, 2.45) is 0 Å². The summed E-state index contributed by atoms with van der Waals surface area (Å²) in [6, 6.07) is 22.3. The molecule has 20 nitrogen and oxygen atoms in total. The molecule has 0 spiro atoms. The van der Waals surface area contributed by atoms with Crippen molar-refractivity contribution in [3.05, 3.63) is 130 Å². The lowest BCUT2D eigenvalue weighted by atomic mass is 10.1. The number of carboxylic acids is 2. The second-order valence-corrected chi connectivity index (χ2v) is 17.8. The number of benzene rings is 4. The van der Waals surface area contributed by atoms with Crippen LogP contribution in [0, 0.1) is 0 Å². The number of hydrogen-bond acceptors (Lipinski definition) is 16. The van der Waals surface area contributed by atoms with Crippen LogP contribution in [0.2, 0.25) is 0 Å². The Labute approximate surface area is 416 Å². The number of carboxylic acid groups (broad SMARTS) is 2. The minimum atomic E-state index is -1.75. The van der Waals surface area contributed by atoms with E-state index in [1.165, 1.54) is 36.4 Å². The molecule has 0 aromatic heterocycles. The van der Waals surface area contributed by atoms with Crippen LogP contribution < -0.4 is 20.1 Å². The van der Waals surface area contributed by atoms with Gasteiger partial charge in [-0.2, -0.15) is 0 Å². The van der Waals surface area contributed by atoms with Gasteiger partial charge in [0, 0.05) is 11.1 Å². The van der Waals surface area contributed by atoms with Crippen molar-refractivity contribution in [2.75, 3.05) is 39.6 Å². The average molecular weight is 1000 g/mol. The van der Waals surface area contributed by atoms with Crippen molar-refractivity contribution in [3.63, 3.8) is 0 Å². The fourth-order valence-electron chi connectivity index (χ4n) is 6.21. The van der Waals surface area contributed by atoms with E-state index in [4.69, 9.17) is 43.0 Å². The summed E-state index contributed by atoms with van der Waals surface area (Å²) in [6.07, 6.45) is -1.42. The summed E-state index contributed by atoms with van der Waals surface area (Å²) in [6.45, 7) is 9.89. The Kier molecular flexibility index (Phi) is 21.7. The van der Waals surface area contributed by atoms with Crippen molar-refractivity contribution in [2.45, 2.75) is 90.9 Å². The number of rotatable bonds is 27. The summed E-state index contributed by atoms with van der Waals surface area (Å²) < 4.78 is 44.6. The molecular weight excluding hydrogens is 941 g/mol. The van der Waals surface area contributed by atoms with Crippen LogP contribution in [0.5, 0.6) is 11.5 Å². The highest BCUT2D eigenvalue weighted by Crippen LogP contribution is 2.22. The third-order valence-electron chi connectivity index (χ3n) is 9.37. The predicted molar refractivity (Wildman–Crippen MR) is 255 cm³/mol. The minimum absolute atomic E-state index is 0.0222. The molecule has 2 amide bonds. The molecule has 2 unspecified atom stereocenters. The zero-order valence-corrected chi connectivity index (χ0v) is 40.9. The van der Waals surface area contributed by atoms with E-state index >= 15 is 0 Å². The number of carbonyl (C=O) groups excluding carboxylic acids is 6. The first-order valence-corrected chi connectivity index (χ1v) is 22.7. The van der Waals surface area contributed by atoms with E-state index in [1.54, 1.807) is 96.1 Å². The Bertz CT molecular complexity index is 2500. The maximum absolute atomic E-state index is 13.7. The number of esters is 4. The summed E-state index contributed by atoms with van der Waals surface area (Å²) >= 11 is 0. The fourth-order valence-corrected chi connectivity index (χ4v) is 6.21. The molecule has 72 heavy (non-hydrogen) atoms. The van der Waals surface area contributed by atoms with Gasteiger partial charge >= 0.3 is 35.8 Å². The second kappa shape index (κ2) is 27.5. The van der Waals surface area contributed by atoms with Gasteiger partial charge in [-0.15, -0.1) is 0 Å². The summed E-state index contributed by atoms with van der Waals surface area (Å²) in [4.78, 5) is 102. The number of nitrogens with one attached hydrogen (secondary N) is 2. The number of amides is 2. The van der Waals surface area contributed by atoms with E-state index in [1.807, 2.05) is 6.07 Å². The number of hydrogen-bond donors (Lipinski definition) is 4. The SMILES string of the molecule is CC(C)(C)OC(=O)CC(NC(=O)c1cc(OCCOCCOCCOc2cc(C(=O)NC(CC(=O)O)C(=O)O)cc(C(=O)OCc3ccccc3)c2)cc(C(=O)OCc2ccccc2)c1)C(=O)OC(C)(C)C. The lowest BCUT2D eigenvalue weighted by Gasteiger charge is -2.26. The summed E-state index contributed by atoms with van der Waals surface area (Å²) in [5.41, 5.74) is -0.803. The van der Waals surface area contributed by atoms with Crippen LogP contribution in [0.4, 0.5) is 0 Å². The quantitative estimate of drug-likeness (QED) is 0.0316. The standard InChI is InChI=1S/C52H60N2O18/c1-51(2,3)71-44(57)30-42(50(64)72-52(4,5)6)54-46(59)36-24-38(49(63)70-32-34-15-11-8-12-16-34)28-40(26-36)68-22-20-66-18-17-65-19-21-67-39-25-35(45(58)53-41(47(60)61)29-43(55)56)23-37(27-39)48(62)69-31-33-13-9-7-10-14-33/h7-16,23-28,41-42H,17-22,29-32H2,1-6H3,(H,53,58)(H,54,59)(H,55,56)(H,60,61). The van der Waals surface area contributed by atoms with Gasteiger partial charge in [-0.1, -0.05) is 60.7 Å². The highest BCUT2D eigenvalue weighted by molar-refractivity contribution is 6.01. The molecule has 0 saturated carbocycles. The molecule has 20 heteroatoms. The molecule has 0 bridgehead atoms. The van der Waals surface area contributed by atoms with Gasteiger partial charge in [0.2, 0.25) is 0 Å². The van der Waals surface area contributed by atoms with Crippen molar-refractivity contribution in [3.8, 4) is 11.5 Å². The average Bonchev–Trinajstić information content (AvgIpc) is 3.31. The summed E-state index contributed by atoms with van der Waals surface area (Å²) in [5.74, 6) is -7.89. The molecule has 0 radical (unpaired) electrons. The highest BCUT2D eigenvalue weighted by atomic mass is 16.6. The number of aliphatic carboxylic acids is 2. The topological polar surface area (TPSA) is 275 Å². The van der Waals surface area contributed by atoms with Crippen molar-refractivity contribution in [1.29, 1.82) is 0 Å². The number of carbonyl (C=O) groups is 8. The maximum atomic E-state index is 13.7. The molecule has 2 atom stereocenters. The molecule has 386 valence electrons. The Balaban J connectivity index is 1.35. The van der Waals surface area contributed by atoms with Gasteiger partial charge in [0.25, 0.3) is 11.8 Å². The van der Waals surface area contributed by atoms with Gasteiger partial charge < -0.3 is 58.7 Å². The Hall–Kier alpha value is -7.84. The molecule has 0 aliphatic rings. The molecule has 0 saturated heterocycles. The first-order valence-electron chi connectivity index (χ1n) is 22.7. The van der Waals surface area contributed by atoms with E-state index in [2.05, 4.69) is 10.6 Å². The van der Waals surface area contributed by atoms with Crippen LogP contribution >= 0.6 is 0 Å². The Morgan fingerprint density at radius 3 is 1.31 bits per heavy atom. The highest BCUT2D eigenvalue weighted by Gasteiger charge is 2.32. The zero-order valence-electron chi connectivity index (χ0n) is 40.9. The molecule has 4 rings (SSSR count). The van der Waals surface area contributed by atoms with Crippen molar-refractivity contribution in [1.82, 2.24) is 10.6 Å². The summed E-state index contributed by atoms with van der Waals surface area (Å²) in [5, 5.41) is 23.2. The zero-order chi connectivity index (χ0) is 52.8. The van der Waals surface area contributed by atoms with Gasteiger partial charge in [-0.05, 0) is 89.1 Å². The lowest BCUT2D eigenvalue weighted by molar-refractivity contribution is -0.164. The molecule has 0 heterocycles. The van der Waals surface area contributed by atoms with Crippen LogP contribution in [-0.4, -0.2) is 121 Å². The van der Waals surface area contributed by atoms with Crippen LogP contribution in [0.3, 0.4) is 0 Å². The van der Waals surface area contributed by atoms with E-state index in [0.717, 1.165) is 5.56 Å². The van der Waals surface area contributed by atoms with E-state index in [9.17, 15) is 43.5 Å². The maximum Gasteiger partial charge on any atom is 0.338 e. The van der Waals surface area contributed by atoms with Crippen molar-refractivity contribution >= 4 is 47.6 Å². The molecule has 4 N–H and O–H groups in total. The minimum Gasteiger partial charge on any atom is -0.491 e. The molecule has 4 aromatic rings. The van der Waals surface area contributed by atoms with Crippen LogP contribution in [-0.2, 0) is 60.8 Å².